The standard InChI is InChI=1S/C21H17N3O3S/c1-12-20(28-13(2)23-12)18(25)16-17(15-10-6-7-11-22-15)24(21(27)19(16)26)14-8-4-3-5-9-14/h3-11,17,26H,1-2H3. The van der Waals surface area contributed by atoms with Gasteiger partial charge in [-0.3, -0.25) is 19.5 Å². The second-order valence-corrected chi connectivity index (χ2v) is 7.61. The van der Waals surface area contributed by atoms with Crippen LogP contribution in [0.1, 0.15) is 32.1 Å². The highest BCUT2D eigenvalue weighted by atomic mass is 32.1. The Labute approximate surface area is 165 Å². The van der Waals surface area contributed by atoms with Crippen molar-refractivity contribution in [3.8, 4) is 0 Å². The van der Waals surface area contributed by atoms with Gasteiger partial charge >= 0.3 is 0 Å². The van der Waals surface area contributed by atoms with E-state index >= 15 is 0 Å². The van der Waals surface area contributed by atoms with Crippen LogP contribution in [0.15, 0.2) is 66.1 Å². The van der Waals surface area contributed by atoms with Crippen LogP contribution in [0.4, 0.5) is 5.69 Å². The van der Waals surface area contributed by atoms with Gasteiger partial charge in [-0.15, -0.1) is 11.3 Å². The van der Waals surface area contributed by atoms with E-state index in [4.69, 9.17) is 0 Å². The average Bonchev–Trinajstić information content (AvgIpc) is 3.18. The number of benzene rings is 1. The lowest BCUT2D eigenvalue weighted by atomic mass is 9.98. The fraction of sp³-hybridized carbons (Fsp3) is 0.143. The van der Waals surface area contributed by atoms with Crippen LogP contribution in [0.3, 0.4) is 0 Å². The van der Waals surface area contributed by atoms with Crippen LogP contribution in [-0.2, 0) is 4.79 Å². The molecule has 2 aromatic heterocycles. The first-order valence-electron chi connectivity index (χ1n) is 8.70. The maximum Gasteiger partial charge on any atom is 0.294 e. The summed E-state index contributed by atoms with van der Waals surface area (Å²) < 4.78 is 0. The van der Waals surface area contributed by atoms with E-state index in [1.54, 1.807) is 55.6 Å². The zero-order valence-electron chi connectivity index (χ0n) is 15.3. The first kappa shape index (κ1) is 18.1. The van der Waals surface area contributed by atoms with Crippen LogP contribution in [0.2, 0.25) is 0 Å². The SMILES string of the molecule is Cc1nc(C)c(C(=O)C2=C(O)C(=O)N(c3ccccc3)C2c2ccccn2)s1. The summed E-state index contributed by atoms with van der Waals surface area (Å²) in [5.74, 6) is -1.57. The molecule has 1 aromatic carbocycles. The molecule has 0 bridgehead atoms. The van der Waals surface area contributed by atoms with Gasteiger partial charge in [0.1, 0.15) is 6.04 Å². The van der Waals surface area contributed by atoms with Gasteiger partial charge in [-0.1, -0.05) is 24.3 Å². The molecule has 0 saturated heterocycles. The van der Waals surface area contributed by atoms with Gasteiger partial charge in [0.25, 0.3) is 5.91 Å². The Morgan fingerprint density at radius 3 is 2.43 bits per heavy atom. The minimum Gasteiger partial charge on any atom is -0.503 e. The van der Waals surface area contributed by atoms with Crippen molar-refractivity contribution in [3.63, 3.8) is 0 Å². The van der Waals surface area contributed by atoms with Gasteiger partial charge in [0.15, 0.2) is 5.76 Å². The fourth-order valence-corrected chi connectivity index (χ4v) is 4.25. The predicted molar refractivity (Wildman–Crippen MR) is 106 cm³/mol. The number of hydrogen-bond donors (Lipinski definition) is 1. The summed E-state index contributed by atoms with van der Waals surface area (Å²) in [6.07, 6.45) is 1.60. The minimum atomic E-state index is -0.814. The largest absolute Gasteiger partial charge is 0.503 e. The summed E-state index contributed by atoms with van der Waals surface area (Å²) in [4.78, 5) is 36.8. The Morgan fingerprint density at radius 2 is 1.82 bits per heavy atom. The molecule has 6 nitrogen and oxygen atoms in total. The monoisotopic (exact) mass is 391 g/mol. The number of pyridine rings is 1. The fourth-order valence-electron chi connectivity index (χ4n) is 3.37. The first-order chi connectivity index (χ1) is 13.5. The molecule has 3 aromatic rings. The summed E-state index contributed by atoms with van der Waals surface area (Å²) in [5.41, 5.74) is 1.69. The van der Waals surface area contributed by atoms with Gasteiger partial charge in [0.2, 0.25) is 5.78 Å². The molecule has 4 rings (SSSR count). The van der Waals surface area contributed by atoms with E-state index in [1.165, 1.54) is 16.2 Å². The number of carbonyl (C=O) groups is 2. The summed E-state index contributed by atoms with van der Waals surface area (Å²) in [6.45, 7) is 3.56. The van der Waals surface area contributed by atoms with Gasteiger partial charge < -0.3 is 5.11 Å². The topological polar surface area (TPSA) is 83.4 Å². The molecule has 0 radical (unpaired) electrons. The van der Waals surface area contributed by atoms with Crippen LogP contribution >= 0.6 is 11.3 Å². The van der Waals surface area contributed by atoms with E-state index in [0.29, 0.717) is 22.0 Å². The molecule has 3 heterocycles. The molecule has 1 aliphatic rings. The van der Waals surface area contributed by atoms with E-state index in [0.717, 1.165) is 5.01 Å². The Bertz CT molecular complexity index is 1090. The van der Waals surface area contributed by atoms with E-state index in [2.05, 4.69) is 9.97 Å². The van der Waals surface area contributed by atoms with Gasteiger partial charge in [-0.05, 0) is 38.1 Å². The molecule has 1 N–H and O–H groups in total. The number of carbonyl (C=O) groups excluding carboxylic acids is 2. The quantitative estimate of drug-likeness (QED) is 0.681. The molecule has 0 spiro atoms. The maximum absolute atomic E-state index is 13.3. The molecular formula is C21H17N3O3S. The highest BCUT2D eigenvalue weighted by Crippen LogP contribution is 2.41. The number of nitrogens with zero attached hydrogens (tertiary/aromatic N) is 3. The number of anilines is 1. The maximum atomic E-state index is 13.3. The van der Waals surface area contributed by atoms with E-state index in [-0.39, 0.29) is 5.57 Å². The average molecular weight is 391 g/mol. The normalized spacial score (nSPS) is 16.7. The van der Waals surface area contributed by atoms with Crippen molar-refractivity contribution in [1.82, 2.24) is 9.97 Å². The number of hydrogen-bond acceptors (Lipinski definition) is 6. The third-order valence-corrected chi connectivity index (χ3v) is 5.64. The number of rotatable bonds is 4. The van der Waals surface area contributed by atoms with Crippen molar-refractivity contribution in [2.45, 2.75) is 19.9 Å². The van der Waals surface area contributed by atoms with Crippen LogP contribution in [0.25, 0.3) is 0 Å². The zero-order valence-corrected chi connectivity index (χ0v) is 16.1. The molecule has 0 saturated carbocycles. The molecule has 0 fully saturated rings. The lowest BCUT2D eigenvalue weighted by Crippen LogP contribution is -2.31. The number of amides is 1. The Kier molecular flexibility index (Phi) is 4.52. The summed E-state index contributed by atoms with van der Waals surface area (Å²) in [7, 11) is 0. The lowest BCUT2D eigenvalue weighted by molar-refractivity contribution is -0.117. The van der Waals surface area contributed by atoms with Crippen LogP contribution < -0.4 is 4.90 Å². The number of aliphatic hydroxyl groups is 1. The summed E-state index contributed by atoms with van der Waals surface area (Å²) in [5, 5.41) is 11.4. The molecule has 140 valence electrons. The zero-order chi connectivity index (χ0) is 19.8. The van der Waals surface area contributed by atoms with Crippen molar-refractivity contribution >= 4 is 28.7 Å². The molecule has 7 heteroatoms. The molecule has 28 heavy (non-hydrogen) atoms. The van der Waals surface area contributed by atoms with Gasteiger partial charge in [-0.2, -0.15) is 0 Å². The second-order valence-electron chi connectivity index (χ2n) is 6.41. The predicted octanol–water partition coefficient (Wildman–Crippen LogP) is 3.94. The molecular weight excluding hydrogens is 374 g/mol. The molecule has 1 amide bonds. The number of aromatic nitrogens is 2. The third kappa shape index (κ3) is 2.90. The van der Waals surface area contributed by atoms with E-state index in [1.807, 2.05) is 13.0 Å². The van der Waals surface area contributed by atoms with Crippen molar-refractivity contribution in [1.29, 1.82) is 0 Å². The van der Waals surface area contributed by atoms with Crippen LogP contribution in [0.5, 0.6) is 0 Å². The van der Waals surface area contributed by atoms with E-state index in [9.17, 15) is 14.7 Å². The van der Waals surface area contributed by atoms with Crippen molar-refractivity contribution in [2.24, 2.45) is 0 Å². The third-order valence-electron chi connectivity index (χ3n) is 4.56. The molecule has 0 aliphatic carbocycles. The second kappa shape index (κ2) is 7.01. The Balaban J connectivity index is 1.89. The smallest absolute Gasteiger partial charge is 0.294 e. The van der Waals surface area contributed by atoms with Crippen molar-refractivity contribution < 1.29 is 14.7 Å². The minimum absolute atomic E-state index is 0.0271. The number of aliphatic hydroxyl groups excluding tert-OH is 1. The number of para-hydroxylation sites is 1. The van der Waals surface area contributed by atoms with Crippen LogP contribution in [0, 0.1) is 13.8 Å². The summed E-state index contributed by atoms with van der Waals surface area (Å²) >= 11 is 1.25. The molecule has 1 atom stereocenters. The number of ketones is 1. The van der Waals surface area contributed by atoms with Gasteiger partial charge in [0, 0.05) is 11.9 Å². The lowest BCUT2D eigenvalue weighted by Gasteiger charge is -2.26. The summed E-state index contributed by atoms with van der Waals surface area (Å²) in [6, 6.07) is 13.4. The van der Waals surface area contributed by atoms with Gasteiger partial charge in [-0.25, -0.2) is 4.98 Å². The van der Waals surface area contributed by atoms with Gasteiger partial charge in [0.05, 0.1) is 26.8 Å². The Hall–Kier alpha value is -3.32. The van der Waals surface area contributed by atoms with Crippen molar-refractivity contribution in [2.75, 3.05) is 4.90 Å². The number of aryl methyl sites for hydroxylation is 2. The Morgan fingerprint density at radius 1 is 1.11 bits per heavy atom. The molecule has 1 unspecified atom stereocenters. The first-order valence-corrected chi connectivity index (χ1v) is 9.52. The number of Topliss-reactive ketones (excluding diaryl/α,β-unsaturated/α-hetero) is 1. The number of thiazole rings is 1. The van der Waals surface area contributed by atoms with Crippen molar-refractivity contribution in [3.05, 3.63) is 87.3 Å². The molecule has 1 aliphatic heterocycles. The van der Waals surface area contributed by atoms with E-state index < -0.39 is 23.5 Å². The highest BCUT2D eigenvalue weighted by Gasteiger charge is 2.45. The highest BCUT2D eigenvalue weighted by molar-refractivity contribution is 7.14. The van der Waals surface area contributed by atoms with Crippen LogP contribution in [-0.4, -0.2) is 26.8 Å².